The molecule has 3 rings (SSSR count). The van der Waals surface area contributed by atoms with Crippen LogP contribution in [0.25, 0.3) is 11.1 Å². The maximum absolute atomic E-state index is 13.7. The lowest BCUT2D eigenvalue weighted by Crippen LogP contribution is -2.17. The van der Waals surface area contributed by atoms with Crippen LogP contribution in [0.2, 0.25) is 0 Å². The van der Waals surface area contributed by atoms with Crippen LogP contribution in [-0.4, -0.2) is 13.2 Å². The quantitative estimate of drug-likeness (QED) is 0.810. The highest BCUT2D eigenvalue weighted by Crippen LogP contribution is 2.33. The van der Waals surface area contributed by atoms with Crippen LogP contribution in [0.15, 0.2) is 42.5 Å². The zero-order chi connectivity index (χ0) is 11.7. The van der Waals surface area contributed by atoms with Gasteiger partial charge in [-0.3, -0.25) is 0 Å². The van der Waals surface area contributed by atoms with Gasteiger partial charge in [0.2, 0.25) is 0 Å². The summed E-state index contributed by atoms with van der Waals surface area (Å²) < 4.78 is 19.1. The second kappa shape index (κ2) is 4.09. The summed E-state index contributed by atoms with van der Waals surface area (Å²) in [6.07, 6.45) is 0. The SMILES string of the molecule is Fc1ccccc1-c1ccc2c(c1)NCCO2. The fourth-order valence-electron chi connectivity index (χ4n) is 2.00. The minimum atomic E-state index is -0.204. The number of nitrogens with one attached hydrogen (secondary N) is 1. The van der Waals surface area contributed by atoms with E-state index in [-0.39, 0.29) is 5.82 Å². The number of rotatable bonds is 1. The van der Waals surface area contributed by atoms with E-state index in [0.29, 0.717) is 12.2 Å². The van der Waals surface area contributed by atoms with Crippen molar-refractivity contribution < 1.29 is 9.13 Å². The van der Waals surface area contributed by atoms with E-state index in [1.807, 2.05) is 24.3 Å². The molecule has 86 valence electrons. The molecule has 2 aromatic carbocycles. The lowest BCUT2D eigenvalue weighted by Gasteiger charge is -2.19. The van der Waals surface area contributed by atoms with E-state index in [1.165, 1.54) is 6.07 Å². The average Bonchev–Trinajstić information content (AvgIpc) is 2.39. The fourth-order valence-corrected chi connectivity index (χ4v) is 2.00. The lowest BCUT2D eigenvalue weighted by atomic mass is 10.0. The molecule has 1 aliphatic rings. The summed E-state index contributed by atoms with van der Waals surface area (Å²) in [7, 11) is 0. The molecule has 0 spiro atoms. The summed E-state index contributed by atoms with van der Waals surface area (Å²) in [5.74, 6) is 0.625. The van der Waals surface area contributed by atoms with Crippen LogP contribution in [0.4, 0.5) is 10.1 Å². The molecule has 2 nitrogen and oxygen atoms in total. The first-order chi connectivity index (χ1) is 8.34. The third kappa shape index (κ3) is 1.84. The molecule has 0 saturated carbocycles. The van der Waals surface area contributed by atoms with E-state index in [9.17, 15) is 4.39 Å². The fraction of sp³-hybridized carbons (Fsp3) is 0.143. The molecule has 0 saturated heterocycles. The van der Waals surface area contributed by atoms with Crippen LogP contribution < -0.4 is 10.1 Å². The Labute approximate surface area is 99.0 Å². The number of halogens is 1. The molecule has 0 unspecified atom stereocenters. The predicted octanol–water partition coefficient (Wildman–Crippen LogP) is 3.30. The molecular weight excluding hydrogens is 217 g/mol. The summed E-state index contributed by atoms with van der Waals surface area (Å²) in [6, 6.07) is 12.5. The standard InChI is InChI=1S/C14H12FNO/c15-12-4-2-1-3-11(12)10-5-6-14-13(9-10)16-7-8-17-14/h1-6,9,16H,7-8H2. The summed E-state index contributed by atoms with van der Waals surface area (Å²) in [5.41, 5.74) is 2.40. The molecule has 2 aromatic rings. The number of hydrogen-bond donors (Lipinski definition) is 1. The molecule has 1 heterocycles. The molecular formula is C14H12FNO. The molecule has 0 aromatic heterocycles. The number of hydrogen-bond acceptors (Lipinski definition) is 2. The molecule has 0 atom stereocenters. The van der Waals surface area contributed by atoms with Crippen LogP contribution in [0.5, 0.6) is 5.75 Å². The van der Waals surface area contributed by atoms with Crippen molar-refractivity contribution in [2.24, 2.45) is 0 Å². The molecule has 0 aliphatic carbocycles. The summed E-state index contributed by atoms with van der Waals surface area (Å²) in [6.45, 7) is 1.46. The van der Waals surface area contributed by atoms with Gasteiger partial charge in [-0.15, -0.1) is 0 Å². The van der Waals surface area contributed by atoms with Gasteiger partial charge in [-0.05, 0) is 23.8 Å². The van der Waals surface area contributed by atoms with Crippen molar-refractivity contribution in [2.45, 2.75) is 0 Å². The van der Waals surface area contributed by atoms with Crippen molar-refractivity contribution in [2.75, 3.05) is 18.5 Å². The summed E-state index contributed by atoms with van der Waals surface area (Å²) in [5, 5.41) is 3.24. The van der Waals surface area contributed by atoms with E-state index in [0.717, 1.165) is 23.5 Å². The molecule has 0 fully saturated rings. The van der Waals surface area contributed by atoms with Crippen LogP contribution in [0.1, 0.15) is 0 Å². The van der Waals surface area contributed by atoms with Gasteiger partial charge >= 0.3 is 0 Å². The van der Waals surface area contributed by atoms with Gasteiger partial charge in [0.25, 0.3) is 0 Å². The van der Waals surface area contributed by atoms with E-state index < -0.39 is 0 Å². The van der Waals surface area contributed by atoms with E-state index in [4.69, 9.17) is 4.74 Å². The maximum Gasteiger partial charge on any atom is 0.142 e. The Morgan fingerprint density at radius 3 is 2.88 bits per heavy atom. The van der Waals surface area contributed by atoms with Gasteiger partial charge in [-0.25, -0.2) is 4.39 Å². The van der Waals surface area contributed by atoms with Gasteiger partial charge in [0, 0.05) is 12.1 Å². The van der Waals surface area contributed by atoms with Gasteiger partial charge in [-0.1, -0.05) is 24.3 Å². The highest BCUT2D eigenvalue weighted by Gasteiger charge is 2.11. The smallest absolute Gasteiger partial charge is 0.142 e. The van der Waals surface area contributed by atoms with E-state index in [1.54, 1.807) is 12.1 Å². The van der Waals surface area contributed by atoms with Gasteiger partial charge < -0.3 is 10.1 Å². The Balaban J connectivity index is 2.07. The van der Waals surface area contributed by atoms with Crippen molar-refractivity contribution in [1.82, 2.24) is 0 Å². The average molecular weight is 229 g/mol. The Kier molecular flexibility index (Phi) is 2.44. The monoisotopic (exact) mass is 229 g/mol. The number of benzene rings is 2. The zero-order valence-corrected chi connectivity index (χ0v) is 9.24. The highest BCUT2D eigenvalue weighted by molar-refractivity contribution is 5.72. The molecule has 0 radical (unpaired) electrons. The molecule has 0 amide bonds. The third-order valence-corrected chi connectivity index (χ3v) is 2.84. The maximum atomic E-state index is 13.7. The van der Waals surface area contributed by atoms with Gasteiger partial charge in [0.1, 0.15) is 18.2 Å². The van der Waals surface area contributed by atoms with Crippen LogP contribution in [0, 0.1) is 5.82 Å². The van der Waals surface area contributed by atoms with E-state index >= 15 is 0 Å². The normalized spacial score (nSPS) is 13.5. The first-order valence-corrected chi connectivity index (χ1v) is 5.60. The minimum Gasteiger partial charge on any atom is -0.490 e. The van der Waals surface area contributed by atoms with Gasteiger partial charge in [0.05, 0.1) is 5.69 Å². The lowest BCUT2D eigenvalue weighted by molar-refractivity contribution is 0.323. The Bertz CT molecular complexity index is 554. The Hall–Kier alpha value is -2.03. The van der Waals surface area contributed by atoms with Crippen LogP contribution in [-0.2, 0) is 0 Å². The van der Waals surface area contributed by atoms with Crippen molar-refractivity contribution in [1.29, 1.82) is 0 Å². The van der Waals surface area contributed by atoms with Gasteiger partial charge in [-0.2, -0.15) is 0 Å². The van der Waals surface area contributed by atoms with Gasteiger partial charge in [0.15, 0.2) is 0 Å². The second-order valence-electron chi connectivity index (χ2n) is 3.97. The van der Waals surface area contributed by atoms with Crippen molar-refractivity contribution in [3.05, 3.63) is 48.3 Å². The van der Waals surface area contributed by atoms with Crippen LogP contribution in [0.3, 0.4) is 0 Å². The molecule has 1 N–H and O–H groups in total. The predicted molar refractivity (Wildman–Crippen MR) is 65.8 cm³/mol. The molecule has 1 aliphatic heterocycles. The number of ether oxygens (including phenoxy) is 1. The topological polar surface area (TPSA) is 21.3 Å². The molecule has 3 heteroatoms. The van der Waals surface area contributed by atoms with Crippen LogP contribution >= 0.6 is 0 Å². The largest absolute Gasteiger partial charge is 0.490 e. The molecule has 0 bridgehead atoms. The Morgan fingerprint density at radius 2 is 2.00 bits per heavy atom. The molecule has 17 heavy (non-hydrogen) atoms. The minimum absolute atomic E-state index is 0.204. The second-order valence-corrected chi connectivity index (χ2v) is 3.97. The Morgan fingerprint density at radius 1 is 1.12 bits per heavy atom. The first-order valence-electron chi connectivity index (χ1n) is 5.60. The highest BCUT2D eigenvalue weighted by atomic mass is 19.1. The summed E-state index contributed by atoms with van der Waals surface area (Å²) in [4.78, 5) is 0. The van der Waals surface area contributed by atoms with Crippen molar-refractivity contribution in [3.63, 3.8) is 0 Å². The van der Waals surface area contributed by atoms with E-state index in [2.05, 4.69) is 5.32 Å². The first kappa shape index (κ1) is 10.1. The number of anilines is 1. The third-order valence-electron chi connectivity index (χ3n) is 2.84. The number of fused-ring (bicyclic) bond motifs is 1. The van der Waals surface area contributed by atoms with Crippen molar-refractivity contribution >= 4 is 5.69 Å². The zero-order valence-electron chi connectivity index (χ0n) is 9.24. The summed E-state index contributed by atoms with van der Waals surface area (Å²) >= 11 is 0. The van der Waals surface area contributed by atoms with Crippen molar-refractivity contribution in [3.8, 4) is 16.9 Å².